The van der Waals surface area contributed by atoms with Gasteiger partial charge in [0.15, 0.2) is 5.76 Å². The van der Waals surface area contributed by atoms with Crippen LogP contribution >= 0.6 is 15.9 Å². The number of amides is 1. The predicted molar refractivity (Wildman–Crippen MR) is 65.1 cm³/mol. The maximum Gasteiger partial charge on any atom is 0.284 e. The Hall–Kier alpha value is -1.55. The van der Waals surface area contributed by atoms with E-state index in [1.165, 1.54) is 0 Å². The quantitative estimate of drug-likeness (QED) is 0.918. The lowest BCUT2D eigenvalue weighted by molar-refractivity contribution is 0.0974. The lowest BCUT2D eigenvalue weighted by atomic mass is 10.1. The Morgan fingerprint density at radius 1 is 1.31 bits per heavy atom. The predicted octanol–water partition coefficient (Wildman–Crippen LogP) is 3.12. The molecule has 4 heteroatoms. The third-order valence-electron chi connectivity index (χ3n) is 2.31. The van der Waals surface area contributed by atoms with Crippen molar-refractivity contribution in [2.45, 2.75) is 6.92 Å². The molecule has 3 nitrogen and oxygen atoms in total. The summed E-state index contributed by atoms with van der Waals surface area (Å²) in [5, 5.41) is 0. The van der Waals surface area contributed by atoms with Gasteiger partial charge in [0.05, 0.1) is 0 Å². The van der Waals surface area contributed by atoms with Gasteiger partial charge in [0.25, 0.3) is 5.91 Å². The van der Waals surface area contributed by atoms with Gasteiger partial charge in [-0.1, -0.05) is 28.1 Å². The minimum Gasteiger partial charge on any atom is -0.451 e. The fraction of sp³-hybridized carbons (Fsp3) is 0.0833. The van der Waals surface area contributed by atoms with Crippen molar-refractivity contribution in [1.82, 2.24) is 0 Å². The van der Waals surface area contributed by atoms with E-state index in [-0.39, 0.29) is 5.76 Å². The highest BCUT2D eigenvalue weighted by Gasteiger charge is 2.09. The smallest absolute Gasteiger partial charge is 0.284 e. The van der Waals surface area contributed by atoms with E-state index in [1.807, 2.05) is 25.1 Å². The molecule has 0 saturated carbocycles. The second kappa shape index (κ2) is 4.14. The average molecular weight is 280 g/mol. The number of benzene rings is 1. The summed E-state index contributed by atoms with van der Waals surface area (Å²) in [6.45, 7) is 2.00. The SMILES string of the molecule is Cc1ccc(-c2ccc(C(N)=O)o2)cc1Br. The normalized spacial score (nSPS) is 10.4. The molecule has 0 fully saturated rings. The molecule has 2 aromatic rings. The van der Waals surface area contributed by atoms with Gasteiger partial charge in [-0.2, -0.15) is 0 Å². The number of halogens is 1. The molecule has 0 unspecified atom stereocenters. The minimum absolute atomic E-state index is 0.173. The van der Waals surface area contributed by atoms with Gasteiger partial charge in [0.1, 0.15) is 5.76 Å². The summed E-state index contributed by atoms with van der Waals surface area (Å²) in [5.41, 5.74) is 7.17. The zero-order chi connectivity index (χ0) is 11.7. The molecule has 0 aliphatic carbocycles. The number of carbonyl (C=O) groups excluding carboxylic acids is 1. The van der Waals surface area contributed by atoms with Gasteiger partial charge in [-0.25, -0.2) is 0 Å². The molecule has 1 amide bonds. The topological polar surface area (TPSA) is 56.2 Å². The molecular weight excluding hydrogens is 270 g/mol. The number of rotatable bonds is 2. The van der Waals surface area contributed by atoms with Gasteiger partial charge < -0.3 is 10.2 Å². The zero-order valence-corrected chi connectivity index (χ0v) is 10.2. The van der Waals surface area contributed by atoms with Crippen LogP contribution < -0.4 is 5.73 Å². The van der Waals surface area contributed by atoms with E-state index < -0.39 is 5.91 Å². The number of hydrogen-bond donors (Lipinski definition) is 1. The first-order chi connectivity index (χ1) is 7.58. The second-order valence-electron chi connectivity index (χ2n) is 3.49. The van der Waals surface area contributed by atoms with Crippen molar-refractivity contribution < 1.29 is 9.21 Å². The van der Waals surface area contributed by atoms with Crippen LogP contribution in [0, 0.1) is 6.92 Å². The molecule has 0 bridgehead atoms. The van der Waals surface area contributed by atoms with E-state index in [0.717, 1.165) is 15.6 Å². The molecular formula is C12H10BrNO2. The molecule has 1 aromatic heterocycles. The van der Waals surface area contributed by atoms with Crippen LogP contribution in [-0.4, -0.2) is 5.91 Å². The standard InChI is InChI=1S/C12H10BrNO2/c1-7-2-3-8(6-9(7)13)10-4-5-11(16-10)12(14)15/h2-6H,1H3,(H2,14,15). The van der Waals surface area contributed by atoms with Crippen LogP contribution in [-0.2, 0) is 0 Å². The Labute approximate surface area is 101 Å². The van der Waals surface area contributed by atoms with Crippen molar-refractivity contribution in [2.24, 2.45) is 5.73 Å². The molecule has 0 saturated heterocycles. The van der Waals surface area contributed by atoms with E-state index >= 15 is 0 Å². The average Bonchev–Trinajstić information content (AvgIpc) is 2.71. The summed E-state index contributed by atoms with van der Waals surface area (Å²) in [7, 11) is 0. The monoisotopic (exact) mass is 279 g/mol. The third-order valence-corrected chi connectivity index (χ3v) is 3.16. The molecule has 1 aromatic carbocycles. The van der Waals surface area contributed by atoms with Crippen LogP contribution in [0.1, 0.15) is 16.1 Å². The fourth-order valence-electron chi connectivity index (χ4n) is 1.37. The Morgan fingerprint density at radius 3 is 2.62 bits per heavy atom. The van der Waals surface area contributed by atoms with E-state index in [9.17, 15) is 4.79 Å². The molecule has 0 aliphatic rings. The second-order valence-corrected chi connectivity index (χ2v) is 4.35. The van der Waals surface area contributed by atoms with Gasteiger partial charge in [0, 0.05) is 10.0 Å². The van der Waals surface area contributed by atoms with Gasteiger partial charge in [-0.15, -0.1) is 0 Å². The van der Waals surface area contributed by atoms with E-state index in [0.29, 0.717) is 5.76 Å². The number of primary amides is 1. The highest BCUT2D eigenvalue weighted by molar-refractivity contribution is 9.10. The Balaban J connectivity index is 2.42. The summed E-state index contributed by atoms with van der Waals surface area (Å²) >= 11 is 3.45. The van der Waals surface area contributed by atoms with Gasteiger partial charge in [-0.05, 0) is 30.7 Å². The fourth-order valence-corrected chi connectivity index (χ4v) is 1.75. The summed E-state index contributed by atoms with van der Waals surface area (Å²) < 4.78 is 6.33. The first kappa shape index (κ1) is 11.0. The number of nitrogens with two attached hydrogens (primary N) is 1. The van der Waals surface area contributed by atoms with E-state index in [2.05, 4.69) is 15.9 Å². The number of furan rings is 1. The van der Waals surface area contributed by atoms with Crippen LogP contribution in [0.25, 0.3) is 11.3 Å². The van der Waals surface area contributed by atoms with Crippen molar-refractivity contribution in [2.75, 3.05) is 0 Å². The Kier molecular flexibility index (Phi) is 2.83. The van der Waals surface area contributed by atoms with Crippen molar-refractivity contribution in [3.05, 3.63) is 46.1 Å². The molecule has 0 spiro atoms. The largest absolute Gasteiger partial charge is 0.451 e. The van der Waals surface area contributed by atoms with E-state index in [4.69, 9.17) is 10.2 Å². The third kappa shape index (κ3) is 2.02. The number of carbonyl (C=O) groups is 1. The van der Waals surface area contributed by atoms with Crippen LogP contribution in [0.3, 0.4) is 0 Å². The van der Waals surface area contributed by atoms with Crippen LogP contribution in [0.2, 0.25) is 0 Å². The zero-order valence-electron chi connectivity index (χ0n) is 8.66. The van der Waals surface area contributed by atoms with Crippen LogP contribution in [0.4, 0.5) is 0 Å². The summed E-state index contributed by atoms with van der Waals surface area (Å²) in [6, 6.07) is 9.16. The van der Waals surface area contributed by atoms with Crippen molar-refractivity contribution >= 4 is 21.8 Å². The maximum absolute atomic E-state index is 10.9. The lowest BCUT2D eigenvalue weighted by Crippen LogP contribution is -2.09. The molecule has 0 aliphatic heterocycles. The first-order valence-electron chi connectivity index (χ1n) is 4.74. The van der Waals surface area contributed by atoms with Crippen molar-refractivity contribution in [3.63, 3.8) is 0 Å². The van der Waals surface area contributed by atoms with Crippen molar-refractivity contribution in [3.8, 4) is 11.3 Å². The number of hydrogen-bond acceptors (Lipinski definition) is 2. The van der Waals surface area contributed by atoms with Crippen LogP contribution in [0.15, 0.2) is 39.2 Å². The molecule has 2 rings (SSSR count). The molecule has 2 N–H and O–H groups in total. The summed E-state index contributed by atoms with van der Waals surface area (Å²) in [4.78, 5) is 10.9. The van der Waals surface area contributed by atoms with Crippen LogP contribution in [0.5, 0.6) is 0 Å². The summed E-state index contributed by atoms with van der Waals surface area (Å²) in [5.74, 6) is 0.249. The first-order valence-corrected chi connectivity index (χ1v) is 5.53. The maximum atomic E-state index is 10.9. The highest BCUT2D eigenvalue weighted by atomic mass is 79.9. The molecule has 0 atom stereocenters. The van der Waals surface area contributed by atoms with Gasteiger partial charge >= 0.3 is 0 Å². The number of aryl methyl sites for hydroxylation is 1. The van der Waals surface area contributed by atoms with Crippen molar-refractivity contribution in [1.29, 1.82) is 0 Å². The molecule has 82 valence electrons. The molecule has 0 radical (unpaired) electrons. The Morgan fingerprint density at radius 2 is 2.06 bits per heavy atom. The molecule has 16 heavy (non-hydrogen) atoms. The van der Waals surface area contributed by atoms with E-state index in [1.54, 1.807) is 12.1 Å². The lowest BCUT2D eigenvalue weighted by Gasteiger charge is -2.01. The van der Waals surface area contributed by atoms with Gasteiger partial charge in [0.2, 0.25) is 0 Å². The summed E-state index contributed by atoms with van der Waals surface area (Å²) in [6.07, 6.45) is 0. The van der Waals surface area contributed by atoms with Gasteiger partial charge in [-0.3, -0.25) is 4.79 Å². The Bertz CT molecular complexity index is 546. The molecule has 1 heterocycles. The highest BCUT2D eigenvalue weighted by Crippen LogP contribution is 2.26. The minimum atomic E-state index is -0.558.